The zero-order chi connectivity index (χ0) is 21.5. The van der Waals surface area contributed by atoms with E-state index in [1.807, 2.05) is 32.3 Å². The van der Waals surface area contributed by atoms with Crippen molar-refractivity contribution in [2.45, 2.75) is 46.0 Å². The number of alkyl halides is 1. The van der Waals surface area contributed by atoms with E-state index in [1.165, 1.54) is 6.21 Å². The molecule has 0 fully saturated rings. The maximum atomic E-state index is 14.5. The highest BCUT2D eigenvalue weighted by Crippen LogP contribution is 2.22. The average molecular weight is 409 g/mol. The van der Waals surface area contributed by atoms with Gasteiger partial charge in [0.15, 0.2) is 6.30 Å². The summed E-state index contributed by atoms with van der Waals surface area (Å²) in [5.41, 5.74) is 3.87. The first-order valence-corrected chi connectivity index (χ1v) is 10.3. The Labute approximate surface area is 176 Å². The summed E-state index contributed by atoms with van der Waals surface area (Å²) in [4.78, 5) is 16.4. The monoisotopic (exact) mass is 408 g/mol. The van der Waals surface area contributed by atoms with Crippen LogP contribution < -0.4 is 5.32 Å². The smallest absolute Gasteiger partial charge is 0.190 e. The van der Waals surface area contributed by atoms with E-state index in [2.05, 4.69) is 38.3 Å². The van der Waals surface area contributed by atoms with Gasteiger partial charge in [0.25, 0.3) is 0 Å². The molecular weight excluding hydrogens is 379 g/mol. The van der Waals surface area contributed by atoms with Crippen molar-refractivity contribution in [3.63, 3.8) is 0 Å². The van der Waals surface area contributed by atoms with Crippen molar-refractivity contribution in [2.24, 2.45) is 15.9 Å². The Kier molecular flexibility index (Phi) is 7.27. The summed E-state index contributed by atoms with van der Waals surface area (Å²) in [6.07, 6.45) is 12.3. The Morgan fingerprint density at radius 3 is 2.97 bits per heavy atom. The van der Waals surface area contributed by atoms with Gasteiger partial charge >= 0.3 is 0 Å². The molecule has 3 rings (SSSR count). The number of rotatable bonds is 8. The second kappa shape index (κ2) is 10.1. The molecule has 0 aromatic carbocycles. The zero-order valence-electron chi connectivity index (χ0n) is 17.7. The first-order chi connectivity index (χ1) is 14.5. The Morgan fingerprint density at radius 1 is 1.37 bits per heavy atom. The molecule has 0 aliphatic carbocycles. The Morgan fingerprint density at radius 2 is 2.20 bits per heavy atom. The van der Waals surface area contributed by atoms with Crippen molar-refractivity contribution >= 4 is 29.3 Å². The minimum Gasteiger partial charge on any atom is -0.346 e. The molecule has 3 heterocycles. The van der Waals surface area contributed by atoms with Crippen LogP contribution in [0.5, 0.6) is 0 Å². The van der Waals surface area contributed by atoms with Gasteiger partial charge in [-0.3, -0.25) is 9.98 Å². The van der Waals surface area contributed by atoms with E-state index in [9.17, 15) is 4.39 Å². The van der Waals surface area contributed by atoms with Gasteiger partial charge in [0.1, 0.15) is 11.5 Å². The van der Waals surface area contributed by atoms with Crippen LogP contribution in [-0.2, 0) is 6.42 Å². The Bertz CT molecular complexity index is 1000. The second-order valence-electron chi connectivity index (χ2n) is 7.63. The number of aromatic amines is 1. The van der Waals surface area contributed by atoms with Gasteiger partial charge in [-0.25, -0.2) is 9.37 Å². The van der Waals surface area contributed by atoms with Crippen molar-refractivity contribution in [3.8, 4) is 0 Å². The summed E-state index contributed by atoms with van der Waals surface area (Å²) in [6.45, 7) is 6.46. The number of nitrogens with zero attached hydrogens (tertiary/aromatic N) is 3. The van der Waals surface area contributed by atoms with Crippen molar-refractivity contribution in [3.05, 3.63) is 53.4 Å². The quantitative estimate of drug-likeness (QED) is 0.448. The van der Waals surface area contributed by atoms with E-state index in [-0.39, 0.29) is 12.0 Å². The summed E-state index contributed by atoms with van der Waals surface area (Å²) >= 11 is 0. The number of pyridine rings is 1. The van der Waals surface area contributed by atoms with Crippen LogP contribution in [0.15, 0.2) is 52.2 Å². The topological polar surface area (TPSA) is 89.3 Å². The molecule has 0 saturated carbocycles. The molecule has 0 saturated heterocycles. The third kappa shape index (κ3) is 5.72. The molecule has 0 amide bonds. The molecule has 0 bridgehead atoms. The summed E-state index contributed by atoms with van der Waals surface area (Å²) in [5.74, 6) is 0.270. The van der Waals surface area contributed by atoms with E-state index in [0.717, 1.165) is 34.2 Å². The van der Waals surface area contributed by atoms with E-state index < -0.39 is 6.30 Å². The molecule has 2 aromatic rings. The molecule has 0 spiro atoms. The lowest BCUT2D eigenvalue weighted by Gasteiger charge is -2.09. The molecule has 3 atom stereocenters. The Balaban J connectivity index is 1.70. The van der Waals surface area contributed by atoms with Crippen LogP contribution in [0.4, 0.5) is 4.39 Å². The van der Waals surface area contributed by atoms with Crippen molar-refractivity contribution in [1.82, 2.24) is 15.3 Å². The molecule has 7 heteroatoms. The number of nitrogens with one attached hydrogen (secondary N) is 3. The lowest BCUT2D eigenvalue weighted by molar-refractivity contribution is 0.377. The molecule has 0 radical (unpaired) electrons. The number of aliphatic imine (C=N–C) groups is 2. The predicted molar refractivity (Wildman–Crippen MR) is 123 cm³/mol. The number of H-pyrrole nitrogens is 1. The van der Waals surface area contributed by atoms with Gasteiger partial charge in [0.2, 0.25) is 0 Å². The summed E-state index contributed by atoms with van der Waals surface area (Å²) in [6, 6.07) is 2.31. The highest BCUT2D eigenvalue weighted by atomic mass is 19.1. The summed E-state index contributed by atoms with van der Waals surface area (Å²) < 4.78 is 14.5. The molecule has 6 nitrogen and oxygen atoms in total. The fraction of sp³-hybridized carbons (Fsp3) is 0.391. The fourth-order valence-electron chi connectivity index (χ4n) is 3.11. The lowest BCUT2D eigenvalue weighted by atomic mass is 10.0. The maximum Gasteiger partial charge on any atom is 0.190 e. The number of fused-ring (bicyclic) bond motifs is 1. The fourth-order valence-corrected chi connectivity index (χ4v) is 3.11. The number of aryl methyl sites for hydroxylation is 1. The van der Waals surface area contributed by atoms with Gasteiger partial charge in [-0.15, -0.1) is 0 Å². The minimum absolute atomic E-state index is 0.197. The first-order valence-electron chi connectivity index (χ1n) is 10.3. The standard InChI is InChI=1S/C23H29FN6/c1-4-16(3)26-12-18(10-25)13-27-22-6-5-17(9-21(24)30-22)8-19-14-29-23-20(19)7-15(2)11-28-23/h5-7,9-12,14,16,18,21,25H,4,8,13H2,1-3H3,(H,27,30)(H,28,29). The summed E-state index contributed by atoms with van der Waals surface area (Å²) in [5, 5.41) is 11.4. The summed E-state index contributed by atoms with van der Waals surface area (Å²) in [7, 11) is 0. The molecular formula is C23H29FN6. The molecule has 158 valence electrons. The Hall–Kier alpha value is -3.09. The number of allylic oxidation sites excluding steroid dienone is 2. The number of aromatic nitrogens is 2. The van der Waals surface area contributed by atoms with Crippen LogP contribution in [0.1, 0.15) is 31.4 Å². The van der Waals surface area contributed by atoms with E-state index in [1.54, 1.807) is 18.4 Å². The van der Waals surface area contributed by atoms with Gasteiger partial charge in [0, 0.05) is 42.2 Å². The number of amidine groups is 1. The van der Waals surface area contributed by atoms with Gasteiger partial charge < -0.3 is 15.7 Å². The van der Waals surface area contributed by atoms with Crippen LogP contribution in [0.2, 0.25) is 0 Å². The zero-order valence-corrected chi connectivity index (χ0v) is 17.7. The van der Waals surface area contributed by atoms with Crippen molar-refractivity contribution in [2.75, 3.05) is 6.54 Å². The molecule has 1 aliphatic heterocycles. The minimum atomic E-state index is -1.33. The van der Waals surface area contributed by atoms with Crippen LogP contribution in [0, 0.1) is 18.3 Å². The SMILES string of the molecule is CCC(C)N=CC(C=N)CN=C1C=CC(Cc2c[nH]c3ncc(C)cc23)=CC(F)N1. The molecule has 3 unspecified atom stereocenters. The predicted octanol–water partition coefficient (Wildman–Crippen LogP) is 4.33. The molecule has 2 aromatic heterocycles. The molecule has 30 heavy (non-hydrogen) atoms. The largest absolute Gasteiger partial charge is 0.346 e. The van der Waals surface area contributed by atoms with E-state index in [4.69, 9.17) is 5.41 Å². The number of hydrogen-bond donors (Lipinski definition) is 3. The highest BCUT2D eigenvalue weighted by Gasteiger charge is 2.13. The van der Waals surface area contributed by atoms with Crippen molar-refractivity contribution < 1.29 is 4.39 Å². The van der Waals surface area contributed by atoms with E-state index >= 15 is 0 Å². The molecule has 1 aliphatic rings. The van der Waals surface area contributed by atoms with Crippen LogP contribution in [0.25, 0.3) is 11.0 Å². The number of hydrogen-bond acceptors (Lipinski definition) is 4. The van der Waals surface area contributed by atoms with Crippen molar-refractivity contribution in [1.29, 1.82) is 5.41 Å². The third-order valence-corrected chi connectivity index (χ3v) is 5.06. The third-order valence-electron chi connectivity index (χ3n) is 5.06. The second-order valence-corrected chi connectivity index (χ2v) is 7.63. The van der Waals surface area contributed by atoms with E-state index in [0.29, 0.717) is 18.8 Å². The average Bonchev–Trinajstić information content (AvgIpc) is 3.03. The van der Waals surface area contributed by atoms with Gasteiger partial charge in [-0.05, 0) is 61.6 Å². The highest BCUT2D eigenvalue weighted by molar-refractivity contribution is 5.94. The number of halogens is 1. The molecule has 3 N–H and O–H groups in total. The first kappa shape index (κ1) is 21.6. The van der Waals surface area contributed by atoms with Gasteiger partial charge in [0.05, 0.1) is 6.54 Å². The lowest BCUT2D eigenvalue weighted by Crippen LogP contribution is -2.29. The van der Waals surface area contributed by atoms with Crippen LogP contribution in [-0.4, -0.2) is 47.1 Å². The normalized spacial score (nSPS) is 20.2. The van der Waals surface area contributed by atoms with Crippen LogP contribution >= 0.6 is 0 Å². The van der Waals surface area contributed by atoms with Gasteiger partial charge in [-0.1, -0.05) is 13.0 Å². The van der Waals surface area contributed by atoms with Crippen LogP contribution in [0.3, 0.4) is 0 Å². The van der Waals surface area contributed by atoms with Gasteiger partial charge in [-0.2, -0.15) is 0 Å². The maximum absolute atomic E-state index is 14.5.